The van der Waals surface area contributed by atoms with E-state index in [1.807, 2.05) is 0 Å². The molecule has 0 aliphatic carbocycles. The predicted molar refractivity (Wildman–Crippen MR) is 85.5 cm³/mol. The van der Waals surface area contributed by atoms with Gasteiger partial charge in [-0.2, -0.15) is 0 Å². The number of carbonyl (C=O) groups excluding carboxylic acids is 1. The number of ether oxygens (including phenoxy) is 1. The number of methoxy groups -OCH3 is 1. The van der Waals surface area contributed by atoms with E-state index in [0.717, 1.165) is 8.26 Å². The maximum Gasteiger partial charge on any atom is 0.264 e. The van der Waals surface area contributed by atoms with Gasteiger partial charge in [-0.1, -0.05) is 5.16 Å². The summed E-state index contributed by atoms with van der Waals surface area (Å²) in [4.78, 5) is 14.6. The highest BCUT2D eigenvalue weighted by Gasteiger charge is 2.19. The summed E-state index contributed by atoms with van der Waals surface area (Å²) in [7, 11) is 1.57. The Hall–Kier alpha value is -0.640. The first-order valence-corrected chi connectivity index (χ1v) is 8.09. The Balaban J connectivity index is 2.77. The first-order valence-electron chi connectivity index (χ1n) is 5.69. The van der Waals surface area contributed by atoms with E-state index in [2.05, 4.69) is 37.0 Å². The third-order valence-electron chi connectivity index (χ3n) is 2.47. The van der Waals surface area contributed by atoms with Crippen LogP contribution in [0.5, 0.6) is 0 Å². The summed E-state index contributed by atoms with van der Waals surface area (Å²) in [6, 6.07) is 1.76. The number of thiophene rings is 1. The Kier molecular flexibility index (Phi) is 7.49. The van der Waals surface area contributed by atoms with Crippen LogP contribution in [0.25, 0.3) is 0 Å². The summed E-state index contributed by atoms with van der Waals surface area (Å²) in [5.41, 5.74) is 5.44. The maximum atomic E-state index is 12.4. The molecule has 0 fully saturated rings. The summed E-state index contributed by atoms with van der Waals surface area (Å²) in [6.45, 7) is 1.24. The molecule has 0 aromatic carbocycles. The lowest BCUT2D eigenvalue weighted by Crippen LogP contribution is -2.36. The fourth-order valence-corrected chi connectivity index (χ4v) is 3.43. The Morgan fingerprint density at radius 2 is 2.25 bits per heavy atom. The van der Waals surface area contributed by atoms with Crippen LogP contribution < -0.4 is 5.73 Å². The molecular formula is C11H15Br2N3O3S. The van der Waals surface area contributed by atoms with E-state index in [1.54, 1.807) is 18.1 Å². The summed E-state index contributed by atoms with van der Waals surface area (Å²) >= 11 is 8.07. The lowest BCUT2D eigenvalue weighted by molar-refractivity contribution is 0.0705. The predicted octanol–water partition coefficient (Wildman–Crippen LogP) is 2.50. The molecule has 9 heteroatoms. The molecule has 0 radical (unpaired) electrons. The second kappa shape index (κ2) is 8.60. The first-order chi connectivity index (χ1) is 9.49. The Bertz CT molecular complexity index is 474. The summed E-state index contributed by atoms with van der Waals surface area (Å²) in [5.74, 6) is -0.0158. The minimum absolute atomic E-state index is 0.0914. The number of carbonyl (C=O) groups is 1. The smallest absolute Gasteiger partial charge is 0.264 e. The zero-order valence-electron chi connectivity index (χ0n) is 10.8. The van der Waals surface area contributed by atoms with Gasteiger partial charge in [0.15, 0.2) is 0 Å². The molecule has 0 saturated carbocycles. The molecule has 3 N–H and O–H groups in total. The lowest BCUT2D eigenvalue weighted by Gasteiger charge is -2.21. The standard InChI is InChI=1S/C11H15Br2N3O3S/c1-19-5-4-16(3-2-9(14)15-18)11(17)8-6-7(12)10(13)20-8/h6,18H,2-5H2,1H3,(H2,14,15). The number of amidine groups is 1. The molecule has 0 bridgehead atoms. The van der Waals surface area contributed by atoms with Crippen molar-refractivity contribution in [1.29, 1.82) is 0 Å². The van der Waals surface area contributed by atoms with Gasteiger partial charge in [-0.05, 0) is 37.9 Å². The normalized spacial score (nSPS) is 11.7. The second-order valence-corrected chi connectivity index (χ2v) is 7.08. The number of oxime groups is 1. The number of hydrogen-bond donors (Lipinski definition) is 2. The van der Waals surface area contributed by atoms with Crippen LogP contribution in [0.15, 0.2) is 19.5 Å². The molecule has 0 aliphatic rings. The van der Waals surface area contributed by atoms with Gasteiger partial charge in [0.05, 0.1) is 15.3 Å². The number of hydrogen-bond acceptors (Lipinski definition) is 5. The summed E-state index contributed by atoms with van der Waals surface area (Å²) in [5, 5.41) is 11.4. The second-order valence-electron chi connectivity index (χ2n) is 3.86. The third kappa shape index (κ3) is 5.04. The summed E-state index contributed by atoms with van der Waals surface area (Å²) in [6.07, 6.45) is 0.305. The van der Waals surface area contributed by atoms with Crippen LogP contribution in [-0.2, 0) is 4.74 Å². The molecule has 1 heterocycles. The number of halogens is 2. The van der Waals surface area contributed by atoms with Crippen molar-refractivity contribution in [3.05, 3.63) is 19.2 Å². The van der Waals surface area contributed by atoms with E-state index in [4.69, 9.17) is 15.7 Å². The van der Waals surface area contributed by atoms with Crippen LogP contribution in [0.2, 0.25) is 0 Å². The van der Waals surface area contributed by atoms with E-state index >= 15 is 0 Å². The Labute approximate surface area is 137 Å². The van der Waals surface area contributed by atoms with Crippen LogP contribution in [0.4, 0.5) is 0 Å². The largest absolute Gasteiger partial charge is 0.409 e. The van der Waals surface area contributed by atoms with Gasteiger partial charge in [0.1, 0.15) is 5.84 Å². The van der Waals surface area contributed by atoms with Crippen molar-refractivity contribution in [3.8, 4) is 0 Å². The molecule has 1 aromatic heterocycles. The van der Waals surface area contributed by atoms with E-state index in [-0.39, 0.29) is 11.7 Å². The zero-order valence-corrected chi connectivity index (χ0v) is 14.8. The molecular weight excluding hydrogens is 414 g/mol. The van der Waals surface area contributed by atoms with Gasteiger partial charge in [-0.15, -0.1) is 11.3 Å². The van der Waals surface area contributed by atoms with Crippen molar-refractivity contribution in [2.45, 2.75) is 6.42 Å². The van der Waals surface area contributed by atoms with Gasteiger partial charge < -0.3 is 20.6 Å². The number of rotatable bonds is 7. The topological polar surface area (TPSA) is 88.2 Å². The van der Waals surface area contributed by atoms with Crippen LogP contribution in [0.3, 0.4) is 0 Å². The average Bonchev–Trinajstić information content (AvgIpc) is 2.77. The number of nitrogens with two attached hydrogens (primary N) is 1. The molecule has 1 rings (SSSR count). The molecule has 0 saturated heterocycles. The molecule has 6 nitrogen and oxygen atoms in total. The number of nitrogens with zero attached hydrogens (tertiary/aromatic N) is 2. The quantitative estimate of drug-likeness (QED) is 0.302. The monoisotopic (exact) mass is 427 g/mol. The van der Waals surface area contributed by atoms with Crippen LogP contribution >= 0.6 is 43.2 Å². The molecule has 0 unspecified atom stereocenters. The highest BCUT2D eigenvalue weighted by atomic mass is 79.9. The first kappa shape index (κ1) is 17.4. The Morgan fingerprint density at radius 1 is 1.55 bits per heavy atom. The van der Waals surface area contributed by atoms with Crippen molar-refractivity contribution in [2.24, 2.45) is 10.9 Å². The third-order valence-corrected chi connectivity index (χ3v) is 5.72. The van der Waals surface area contributed by atoms with Crippen molar-refractivity contribution in [1.82, 2.24) is 4.90 Å². The minimum Gasteiger partial charge on any atom is -0.409 e. The molecule has 20 heavy (non-hydrogen) atoms. The van der Waals surface area contributed by atoms with Crippen LogP contribution in [0.1, 0.15) is 16.1 Å². The number of amides is 1. The van der Waals surface area contributed by atoms with Crippen molar-refractivity contribution < 1.29 is 14.7 Å². The van der Waals surface area contributed by atoms with E-state index in [9.17, 15) is 4.79 Å². The molecule has 0 atom stereocenters. The Morgan fingerprint density at radius 3 is 2.75 bits per heavy atom. The fraction of sp³-hybridized carbons (Fsp3) is 0.455. The zero-order chi connectivity index (χ0) is 15.1. The molecule has 1 amide bonds. The molecule has 0 spiro atoms. The van der Waals surface area contributed by atoms with Crippen molar-refractivity contribution in [3.63, 3.8) is 0 Å². The van der Waals surface area contributed by atoms with Gasteiger partial charge in [0, 0.05) is 31.1 Å². The summed E-state index contributed by atoms with van der Waals surface area (Å²) < 4.78 is 6.71. The average molecular weight is 429 g/mol. The molecule has 112 valence electrons. The highest BCUT2D eigenvalue weighted by molar-refractivity contribution is 9.13. The van der Waals surface area contributed by atoms with Crippen LogP contribution in [0, 0.1) is 0 Å². The van der Waals surface area contributed by atoms with E-state index < -0.39 is 0 Å². The fourth-order valence-electron chi connectivity index (χ4n) is 1.42. The lowest BCUT2D eigenvalue weighted by atomic mass is 10.3. The van der Waals surface area contributed by atoms with Crippen molar-refractivity contribution in [2.75, 3.05) is 26.8 Å². The van der Waals surface area contributed by atoms with Gasteiger partial charge in [-0.25, -0.2) is 0 Å². The minimum atomic E-state index is -0.107. The van der Waals surface area contributed by atoms with E-state index in [1.165, 1.54) is 11.3 Å². The van der Waals surface area contributed by atoms with Crippen LogP contribution in [-0.4, -0.2) is 48.7 Å². The SMILES string of the molecule is COCCN(CCC(N)=NO)C(=O)c1cc(Br)c(Br)s1. The highest BCUT2D eigenvalue weighted by Crippen LogP contribution is 2.33. The molecule has 1 aromatic rings. The van der Waals surface area contributed by atoms with E-state index in [0.29, 0.717) is 31.0 Å². The van der Waals surface area contributed by atoms with Gasteiger partial charge in [0.25, 0.3) is 5.91 Å². The maximum absolute atomic E-state index is 12.4. The molecule has 0 aliphatic heterocycles. The van der Waals surface area contributed by atoms with Gasteiger partial charge in [-0.3, -0.25) is 4.79 Å². The van der Waals surface area contributed by atoms with Gasteiger partial charge in [0.2, 0.25) is 0 Å². The van der Waals surface area contributed by atoms with Gasteiger partial charge >= 0.3 is 0 Å². The van der Waals surface area contributed by atoms with Crippen molar-refractivity contribution >= 4 is 54.9 Å².